The molecule has 0 bridgehead atoms. The van der Waals surface area contributed by atoms with Crippen LogP contribution in [0, 0.1) is 17.8 Å². The third kappa shape index (κ3) is 1.85. The van der Waals surface area contributed by atoms with Crippen molar-refractivity contribution in [1.82, 2.24) is 4.90 Å². The smallest absolute Gasteiger partial charge is 0.298 e. The fourth-order valence-electron chi connectivity index (χ4n) is 1.27. The fraction of sp³-hybridized carbons (Fsp3) is 0.556. The Hall–Kier alpha value is -1.30. The summed E-state index contributed by atoms with van der Waals surface area (Å²) in [6.07, 6.45) is 1.69. The molecule has 3 nitrogen and oxygen atoms in total. The first-order valence-corrected chi connectivity index (χ1v) is 3.95. The summed E-state index contributed by atoms with van der Waals surface area (Å²) in [5.41, 5.74) is 0. The van der Waals surface area contributed by atoms with Gasteiger partial charge in [0.25, 0.3) is 5.91 Å². The van der Waals surface area contributed by atoms with Crippen molar-refractivity contribution in [3.05, 3.63) is 0 Å². The molecule has 1 aliphatic heterocycles. The minimum absolute atomic E-state index is 0.0209. The Morgan fingerprint density at radius 2 is 2.42 bits per heavy atom. The summed E-state index contributed by atoms with van der Waals surface area (Å²) < 4.78 is 0. The first kappa shape index (κ1) is 8.79. The van der Waals surface area contributed by atoms with Gasteiger partial charge in [-0.15, -0.1) is 0 Å². The number of amides is 1. The summed E-state index contributed by atoms with van der Waals surface area (Å²) in [6, 6.07) is 0. The highest BCUT2D eigenvalue weighted by molar-refractivity contribution is 5.93. The van der Waals surface area contributed by atoms with E-state index < -0.39 is 0 Å². The van der Waals surface area contributed by atoms with Gasteiger partial charge in [0.1, 0.15) is 6.29 Å². The number of carbonyl (C=O) groups excluding carboxylic acids is 2. The van der Waals surface area contributed by atoms with Crippen LogP contribution in [0.4, 0.5) is 0 Å². The van der Waals surface area contributed by atoms with Crippen LogP contribution in [0.25, 0.3) is 0 Å². The van der Waals surface area contributed by atoms with Gasteiger partial charge in [-0.05, 0) is 19.3 Å². The third-order valence-corrected chi connectivity index (χ3v) is 1.94. The molecule has 0 radical (unpaired) electrons. The van der Waals surface area contributed by atoms with Gasteiger partial charge in [-0.3, -0.25) is 4.79 Å². The average molecular weight is 165 g/mol. The van der Waals surface area contributed by atoms with E-state index in [0.29, 0.717) is 13.1 Å². The van der Waals surface area contributed by atoms with Gasteiger partial charge in [0.05, 0.1) is 0 Å². The summed E-state index contributed by atoms with van der Waals surface area (Å²) >= 11 is 0. The summed E-state index contributed by atoms with van der Waals surface area (Å²) in [5, 5.41) is 0. The number of aldehydes is 1. The maximum absolute atomic E-state index is 11.1. The summed E-state index contributed by atoms with van der Waals surface area (Å²) in [5.74, 6) is 4.86. The van der Waals surface area contributed by atoms with Crippen LogP contribution in [0.3, 0.4) is 0 Å². The third-order valence-electron chi connectivity index (χ3n) is 1.94. The lowest BCUT2D eigenvalue weighted by atomic mass is 10.1. The minimum Gasteiger partial charge on any atom is -0.331 e. The molecule has 0 saturated carbocycles. The van der Waals surface area contributed by atoms with E-state index >= 15 is 0 Å². The first-order chi connectivity index (χ1) is 5.77. The normalized spacial score (nSPS) is 21.4. The molecule has 1 fully saturated rings. The number of hydrogen-bond acceptors (Lipinski definition) is 2. The number of likely N-dealkylation sites (tertiary alicyclic amines) is 1. The Bertz CT molecular complexity index is 249. The molecule has 0 spiro atoms. The van der Waals surface area contributed by atoms with Crippen LogP contribution in [0.15, 0.2) is 0 Å². The molecule has 1 unspecified atom stereocenters. The molecular weight excluding hydrogens is 154 g/mol. The van der Waals surface area contributed by atoms with Gasteiger partial charge in [0, 0.05) is 19.0 Å². The molecule has 1 amide bonds. The van der Waals surface area contributed by atoms with E-state index in [1.807, 2.05) is 0 Å². The van der Waals surface area contributed by atoms with Crippen molar-refractivity contribution < 1.29 is 9.59 Å². The highest BCUT2D eigenvalue weighted by atomic mass is 16.2. The maximum atomic E-state index is 11.1. The predicted octanol–water partition coefficient (Wildman–Crippen LogP) is 0.0571. The van der Waals surface area contributed by atoms with Gasteiger partial charge in [-0.25, -0.2) is 0 Å². The van der Waals surface area contributed by atoms with E-state index in [2.05, 4.69) is 11.8 Å². The van der Waals surface area contributed by atoms with Crippen molar-refractivity contribution in [3.63, 3.8) is 0 Å². The van der Waals surface area contributed by atoms with Crippen LogP contribution >= 0.6 is 0 Å². The van der Waals surface area contributed by atoms with E-state index in [1.165, 1.54) is 0 Å². The van der Waals surface area contributed by atoms with Crippen molar-refractivity contribution >= 4 is 12.2 Å². The van der Waals surface area contributed by atoms with Crippen molar-refractivity contribution in [2.24, 2.45) is 5.92 Å². The second kappa shape index (κ2) is 3.91. The van der Waals surface area contributed by atoms with Gasteiger partial charge >= 0.3 is 0 Å². The van der Waals surface area contributed by atoms with Crippen molar-refractivity contribution in [1.29, 1.82) is 0 Å². The second-order valence-electron chi connectivity index (χ2n) is 2.81. The van der Waals surface area contributed by atoms with Gasteiger partial charge in [0.15, 0.2) is 0 Å². The quantitative estimate of drug-likeness (QED) is 0.407. The monoisotopic (exact) mass is 165 g/mol. The van der Waals surface area contributed by atoms with Gasteiger partial charge in [-0.1, -0.05) is 5.92 Å². The predicted molar refractivity (Wildman–Crippen MR) is 44.2 cm³/mol. The number of rotatable bonds is 1. The Balaban J connectivity index is 2.50. The first-order valence-electron chi connectivity index (χ1n) is 3.95. The van der Waals surface area contributed by atoms with Gasteiger partial charge < -0.3 is 9.69 Å². The zero-order valence-corrected chi connectivity index (χ0v) is 7.04. The zero-order valence-electron chi connectivity index (χ0n) is 7.04. The standard InChI is InChI=1S/C9H11NO2/c1-2-3-9(12)10-5-4-8(6-10)7-11/h7-8H,4-6H2,1H3. The van der Waals surface area contributed by atoms with Crippen LogP contribution < -0.4 is 0 Å². The Labute approximate surface area is 71.7 Å². The molecule has 3 heteroatoms. The summed E-state index contributed by atoms with van der Waals surface area (Å²) in [7, 11) is 0. The molecular formula is C9H11NO2. The van der Waals surface area contributed by atoms with Crippen LogP contribution in [-0.2, 0) is 9.59 Å². The number of hydrogen-bond donors (Lipinski definition) is 0. The molecule has 64 valence electrons. The maximum Gasteiger partial charge on any atom is 0.298 e. The lowest BCUT2D eigenvalue weighted by Crippen LogP contribution is -2.27. The fourth-order valence-corrected chi connectivity index (χ4v) is 1.27. The van der Waals surface area contributed by atoms with Crippen LogP contribution in [0.5, 0.6) is 0 Å². The Kier molecular flexibility index (Phi) is 2.87. The minimum atomic E-state index is -0.165. The van der Waals surface area contributed by atoms with E-state index in [1.54, 1.807) is 11.8 Å². The van der Waals surface area contributed by atoms with E-state index in [9.17, 15) is 9.59 Å². The molecule has 1 rings (SSSR count). The van der Waals surface area contributed by atoms with E-state index in [4.69, 9.17) is 0 Å². The topological polar surface area (TPSA) is 37.4 Å². The van der Waals surface area contributed by atoms with Gasteiger partial charge in [-0.2, -0.15) is 0 Å². The van der Waals surface area contributed by atoms with Crippen molar-refractivity contribution in [2.75, 3.05) is 13.1 Å². The molecule has 1 aliphatic rings. The van der Waals surface area contributed by atoms with Crippen LogP contribution in [0.1, 0.15) is 13.3 Å². The molecule has 0 aromatic carbocycles. The SMILES string of the molecule is CC#CC(=O)N1CCC(C=O)C1. The summed E-state index contributed by atoms with van der Waals surface area (Å²) in [6.45, 7) is 2.83. The average Bonchev–Trinajstić information content (AvgIpc) is 2.52. The molecule has 0 N–H and O–H groups in total. The number of nitrogens with zero attached hydrogens (tertiary/aromatic N) is 1. The van der Waals surface area contributed by atoms with Crippen LogP contribution in [-0.4, -0.2) is 30.2 Å². The summed E-state index contributed by atoms with van der Waals surface area (Å²) in [4.78, 5) is 23.1. The highest BCUT2D eigenvalue weighted by Gasteiger charge is 2.24. The largest absolute Gasteiger partial charge is 0.331 e. The Morgan fingerprint density at radius 1 is 1.67 bits per heavy atom. The molecule has 1 atom stereocenters. The van der Waals surface area contributed by atoms with Crippen molar-refractivity contribution in [2.45, 2.75) is 13.3 Å². The lowest BCUT2D eigenvalue weighted by Gasteiger charge is -2.10. The second-order valence-corrected chi connectivity index (χ2v) is 2.81. The van der Waals surface area contributed by atoms with E-state index in [0.717, 1.165) is 12.7 Å². The molecule has 0 aromatic heterocycles. The molecule has 12 heavy (non-hydrogen) atoms. The molecule has 0 aliphatic carbocycles. The Morgan fingerprint density at radius 3 is 2.92 bits per heavy atom. The molecule has 1 saturated heterocycles. The van der Waals surface area contributed by atoms with Crippen LogP contribution in [0.2, 0.25) is 0 Å². The molecule has 1 heterocycles. The zero-order chi connectivity index (χ0) is 8.97. The van der Waals surface area contributed by atoms with Gasteiger partial charge in [0.2, 0.25) is 0 Å². The number of carbonyl (C=O) groups is 2. The van der Waals surface area contributed by atoms with E-state index in [-0.39, 0.29) is 11.8 Å². The lowest BCUT2D eigenvalue weighted by molar-refractivity contribution is -0.124. The molecule has 0 aromatic rings. The highest BCUT2D eigenvalue weighted by Crippen LogP contribution is 2.13. The van der Waals surface area contributed by atoms with Crippen molar-refractivity contribution in [3.8, 4) is 11.8 Å².